The van der Waals surface area contributed by atoms with Crippen LogP contribution >= 0.6 is 11.3 Å². The Balaban J connectivity index is 1.33. The van der Waals surface area contributed by atoms with Crippen LogP contribution in [0.2, 0.25) is 0 Å². The first-order chi connectivity index (χ1) is 17.0. The van der Waals surface area contributed by atoms with Crippen LogP contribution in [0.3, 0.4) is 0 Å². The highest BCUT2D eigenvalue weighted by atomic mass is 32.1. The van der Waals surface area contributed by atoms with E-state index in [9.17, 15) is 9.90 Å². The third kappa shape index (κ3) is 5.30. The molecule has 2 aromatic heterocycles. The second kappa shape index (κ2) is 9.23. The summed E-state index contributed by atoms with van der Waals surface area (Å²) in [6.45, 7) is 14.0. The Labute approximate surface area is 217 Å². The largest absolute Gasteiger partial charge is 0.444 e. The fraction of sp³-hybridized carbons (Fsp3) is 0.500. The van der Waals surface area contributed by atoms with Crippen LogP contribution in [0.5, 0.6) is 0 Å². The molecule has 1 amide bonds. The van der Waals surface area contributed by atoms with E-state index in [2.05, 4.69) is 53.1 Å². The number of carbonyl (C=O) groups excluding carboxylic acids is 1. The number of aryl methyl sites for hydroxylation is 1. The first-order valence-electron chi connectivity index (χ1n) is 12.7. The molecule has 2 saturated heterocycles. The van der Waals surface area contributed by atoms with Crippen LogP contribution in [0.25, 0.3) is 21.5 Å². The number of pyridine rings is 1. The number of ether oxygens (including phenoxy) is 1. The second-order valence-corrected chi connectivity index (χ2v) is 12.5. The molecule has 1 unspecified atom stereocenters. The summed E-state index contributed by atoms with van der Waals surface area (Å²) in [5.41, 5.74) is 4.21. The van der Waals surface area contributed by atoms with E-state index in [1.165, 1.54) is 9.58 Å². The highest BCUT2D eigenvalue weighted by Gasteiger charge is 2.33. The van der Waals surface area contributed by atoms with Gasteiger partial charge in [0.05, 0.1) is 27.2 Å². The van der Waals surface area contributed by atoms with E-state index in [1.807, 2.05) is 27.7 Å². The predicted molar refractivity (Wildman–Crippen MR) is 147 cm³/mol. The Morgan fingerprint density at radius 1 is 1.06 bits per heavy atom. The van der Waals surface area contributed by atoms with Crippen LogP contribution in [-0.2, 0) is 4.74 Å². The number of β-amino-alcohol motifs (C(OH)–C–C–N with tert-alkyl or cyclic N) is 1. The molecule has 192 valence electrons. The van der Waals surface area contributed by atoms with Crippen LogP contribution in [0.4, 0.5) is 16.2 Å². The van der Waals surface area contributed by atoms with Crippen LogP contribution in [-0.4, -0.2) is 71.6 Å². The van der Waals surface area contributed by atoms with Gasteiger partial charge in [0.25, 0.3) is 0 Å². The van der Waals surface area contributed by atoms with Crippen molar-refractivity contribution in [2.24, 2.45) is 0 Å². The van der Waals surface area contributed by atoms with E-state index < -0.39 is 11.2 Å². The summed E-state index contributed by atoms with van der Waals surface area (Å²) < 4.78 is 6.71. The van der Waals surface area contributed by atoms with Gasteiger partial charge in [-0.05, 0) is 65.3 Å². The Morgan fingerprint density at radius 3 is 2.36 bits per heavy atom. The number of benzene rings is 1. The van der Waals surface area contributed by atoms with Crippen molar-refractivity contribution in [2.75, 3.05) is 49.1 Å². The maximum Gasteiger partial charge on any atom is 0.410 e. The third-order valence-electron chi connectivity index (χ3n) is 6.83. The number of thiophene rings is 1. The van der Waals surface area contributed by atoms with Gasteiger partial charge in [0.15, 0.2) is 0 Å². The van der Waals surface area contributed by atoms with Crippen molar-refractivity contribution in [3.63, 3.8) is 0 Å². The maximum absolute atomic E-state index is 12.4. The van der Waals surface area contributed by atoms with Gasteiger partial charge >= 0.3 is 6.09 Å². The number of amides is 1. The van der Waals surface area contributed by atoms with Crippen LogP contribution in [0.15, 0.2) is 36.4 Å². The minimum Gasteiger partial charge on any atom is -0.444 e. The molecule has 0 radical (unpaired) electrons. The summed E-state index contributed by atoms with van der Waals surface area (Å²) >= 11 is 1.77. The number of hydrogen-bond donors (Lipinski definition) is 1. The van der Waals surface area contributed by atoms with Gasteiger partial charge in [-0.25, -0.2) is 9.78 Å². The molecular formula is C28H36N4O3S. The van der Waals surface area contributed by atoms with E-state index in [0.717, 1.165) is 54.2 Å². The van der Waals surface area contributed by atoms with Gasteiger partial charge in [-0.2, -0.15) is 0 Å². The number of piperazine rings is 1. The summed E-state index contributed by atoms with van der Waals surface area (Å²) in [7, 11) is 0. The molecule has 0 saturated carbocycles. The average Bonchev–Trinajstić information content (AvgIpc) is 3.38. The quantitative estimate of drug-likeness (QED) is 0.519. The molecule has 1 aromatic carbocycles. The Bertz CT molecular complexity index is 1250. The number of aromatic nitrogens is 1. The molecule has 36 heavy (non-hydrogen) atoms. The molecule has 0 spiro atoms. The van der Waals surface area contributed by atoms with Crippen molar-refractivity contribution in [3.8, 4) is 11.3 Å². The van der Waals surface area contributed by atoms with Gasteiger partial charge in [-0.15, -0.1) is 11.3 Å². The molecule has 5 rings (SSSR count). The van der Waals surface area contributed by atoms with Crippen LogP contribution < -0.4 is 9.80 Å². The van der Waals surface area contributed by atoms with Gasteiger partial charge in [-0.1, -0.05) is 12.1 Å². The third-order valence-corrected chi connectivity index (χ3v) is 7.90. The summed E-state index contributed by atoms with van der Waals surface area (Å²) in [6.07, 6.45) is 0.532. The first kappa shape index (κ1) is 24.8. The molecule has 0 aliphatic carbocycles. The first-order valence-corrected chi connectivity index (χ1v) is 13.5. The predicted octanol–water partition coefficient (Wildman–Crippen LogP) is 5.29. The van der Waals surface area contributed by atoms with Gasteiger partial charge < -0.3 is 24.5 Å². The van der Waals surface area contributed by atoms with Gasteiger partial charge in [0.1, 0.15) is 5.60 Å². The molecule has 8 heteroatoms. The lowest BCUT2D eigenvalue weighted by atomic mass is 10.1. The van der Waals surface area contributed by atoms with E-state index in [4.69, 9.17) is 9.72 Å². The minimum absolute atomic E-state index is 0.238. The number of rotatable bonds is 3. The molecule has 0 bridgehead atoms. The average molecular weight is 509 g/mol. The fourth-order valence-electron chi connectivity index (χ4n) is 4.97. The molecule has 7 nitrogen and oxygen atoms in total. The van der Waals surface area contributed by atoms with Crippen molar-refractivity contribution >= 4 is 39.0 Å². The van der Waals surface area contributed by atoms with Gasteiger partial charge in [0.2, 0.25) is 0 Å². The highest BCUT2D eigenvalue weighted by molar-refractivity contribution is 7.19. The monoisotopic (exact) mass is 508 g/mol. The van der Waals surface area contributed by atoms with E-state index in [0.29, 0.717) is 19.6 Å². The summed E-state index contributed by atoms with van der Waals surface area (Å²) in [4.78, 5) is 25.0. The van der Waals surface area contributed by atoms with Crippen molar-refractivity contribution in [1.29, 1.82) is 0 Å². The molecular weight excluding hydrogens is 472 g/mol. The molecule has 1 N–H and O–H groups in total. The normalized spacial score (nSPS) is 20.9. The lowest BCUT2D eigenvalue weighted by Crippen LogP contribution is -2.50. The molecule has 1 atom stereocenters. The highest BCUT2D eigenvalue weighted by Crippen LogP contribution is 2.39. The summed E-state index contributed by atoms with van der Waals surface area (Å²) in [5, 5.41) is 10.6. The number of aliphatic hydroxyl groups is 1. The van der Waals surface area contributed by atoms with E-state index >= 15 is 0 Å². The number of anilines is 2. The van der Waals surface area contributed by atoms with Crippen molar-refractivity contribution in [1.82, 2.24) is 9.88 Å². The zero-order valence-corrected chi connectivity index (χ0v) is 22.7. The lowest BCUT2D eigenvalue weighted by Gasteiger charge is -2.36. The number of carbonyl (C=O) groups is 1. The smallest absolute Gasteiger partial charge is 0.410 e. The molecule has 2 fully saturated rings. The van der Waals surface area contributed by atoms with Crippen molar-refractivity contribution in [2.45, 2.75) is 52.2 Å². The Kier molecular flexibility index (Phi) is 6.37. The lowest BCUT2D eigenvalue weighted by molar-refractivity contribution is 0.0240. The minimum atomic E-state index is -0.656. The Morgan fingerprint density at radius 2 is 1.75 bits per heavy atom. The zero-order valence-electron chi connectivity index (χ0n) is 21.9. The Hall–Kier alpha value is -2.84. The molecule has 4 heterocycles. The number of fused-ring (bicyclic) bond motifs is 1. The van der Waals surface area contributed by atoms with Gasteiger partial charge in [-0.3, -0.25) is 0 Å². The molecule has 3 aromatic rings. The van der Waals surface area contributed by atoms with Crippen LogP contribution in [0, 0.1) is 6.92 Å². The SMILES string of the molecule is Cc1cc2nc(-c3ccc(N4CCN(C(=O)OC(C)(C)C)CC4)cc3)cc(N3CCC(C)(O)C3)c2s1. The molecule has 2 aliphatic rings. The zero-order chi connectivity index (χ0) is 25.7. The summed E-state index contributed by atoms with van der Waals surface area (Å²) in [6, 6.07) is 12.9. The molecule has 2 aliphatic heterocycles. The van der Waals surface area contributed by atoms with Crippen LogP contribution in [0.1, 0.15) is 39.0 Å². The van der Waals surface area contributed by atoms with E-state index in [-0.39, 0.29) is 6.09 Å². The van der Waals surface area contributed by atoms with E-state index in [1.54, 1.807) is 16.2 Å². The van der Waals surface area contributed by atoms with Crippen molar-refractivity contribution < 1.29 is 14.6 Å². The second-order valence-electron chi connectivity index (χ2n) is 11.3. The summed E-state index contributed by atoms with van der Waals surface area (Å²) in [5.74, 6) is 0. The number of nitrogens with zero attached hydrogens (tertiary/aromatic N) is 4. The fourth-order valence-corrected chi connectivity index (χ4v) is 5.97. The maximum atomic E-state index is 12.4. The topological polar surface area (TPSA) is 69.1 Å². The van der Waals surface area contributed by atoms with Gasteiger partial charge in [0, 0.05) is 55.4 Å². The van der Waals surface area contributed by atoms with Crippen molar-refractivity contribution in [3.05, 3.63) is 41.3 Å². The standard InChI is InChI=1S/C28H36N4O3S/c1-19-16-23-25(36-19)24(32-11-10-28(5,34)18-32)17-22(29-23)20-6-8-21(9-7-20)30-12-14-31(15-13-30)26(33)35-27(2,3)4/h6-9,16-17,34H,10-15,18H2,1-5H3. The number of hydrogen-bond acceptors (Lipinski definition) is 7.